The van der Waals surface area contributed by atoms with Crippen LogP contribution >= 0.6 is 0 Å². The van der Waals surface area contributed by atoms with Gasteiger partial charge in [-0.2, -0.15) is 0 Å². The molecule has 1 atom stereocenters. The van der Waals surface area contributed by atoms with Crippen molar-refractivity contribution in [1.29, 1.82) is 0 Å². The zero-order valence-electron chi connectivity index (χ0n) is 18.1. The SMILES string of the molecule is COc1ccc(-n2c(-c3ccc(CS(=O)O)cc3)cc(CC(=O)OC(C)C)c2C)cc1. The van der Waals surface area contributed by atoms with Gasteiger partial charge in [-0.1, -0.05) is 24.3 Å². The van der Waals surface area contributed by atoms with Crippen LogP contribution in [-0.4, -0.2) is 32.5 Å². The monoisotopic (exact) mass is 441 g/mol. The topological polar surface area (TPSA) is 77.8 Å². The first-order chi connectivity index (χ1) is 14.8. The summed E-state index contributed by atoms with van der Waals surface area (Å²) < 4.78 is 32.9. The summed E-state index contributed by atoms with van der Waals surface area (Å²) in [6.07, 6.45) is 0.0161. The average Bonchev–Trinajstić information content (AvgIpc) is 3.03. The van der Waals surface area contributed by atoms with Crippen LogP contribution in [0.3, 0.4) is 0 Å². The number of hydrogen-bond donors (Lipinski definition) is 1. The van der Waals surface area contributed by atoms with Crippen molar-refractivity contribution in [2.75, 3.05) is 7.11 Å². The predicted molar refractivity (Wildman–Crippen MR) is 122 cm³/mol. The molecule has 0 radical (unpaired) electrons. The van der Waals surface area contributed by atoms with E-state index in [1.807, 2.05) is 75.4 Å². The molecular formula is C24H27NO5S. The Balaban J connectivity index is 2.05. The van der Waals surface area contributed by atoms with Crippen LogP contribution in [-0.2, 0) is 32.8 Å². The quantitative estimate of drug-likeness (QED) is 0.406. The highest BCUT2D eigenvalue weighted by molar-refractivity contribution is 7.78. The molecule has 0 aliphatic carbocycles. The van der Waals surface area contributed by atoms with Gasteiger partial charge < -0.3 is 18.6 Å². The van der Waals surface area contributed by atoms with Crippen molar-refractivity contribution in [2.45, 2.75) is 39.0 Å². The molecule has 0 saturated heterocycles. The molecule has 1 N–H and O–H groups in total. The Bertz CT molecular complexity index is 1070. The van der Waals surface area contributed by atoms with E-state index in [1.54, 1.807) is 7.11 Å². The number of rotatable bonds is 8. The maximum absolute atomic E-state index is 12.3. The predicted octanol–water partition coefficient (Wildman–Crippen LogP) is 4.68. The van der Waals surface area contributed by atoms with Crippen LogP contribution in [0.4, 0.5) is 0 Å². The highest BCUT2D eigenvalue weighted by Crippen LogP contribution is 2.31. The summed E-state index contributed by atoms with van der Waals surface area (Å²) in [4.78, 5) is 12.3. The van der Waals surface area contributed by atoms with Gasteiger partial charge in [0.1, 0.15) is 5.75 Å². The van der Waals surface area contributed by atoms with Crippen LogP contribution in [0.1, 0.15) is 30.7 Å². The summed E-state index contributed by atoms with van der Waals surface area (Å²) in [7, 11) is 1.63. The van der Waals surface area contributed by atoms with Crippen LogP contribution in [0.5, 0.6) is 5.75 Å². The van der Waals surface area contributed by atoms with E-state index in [1.165, 1.54) is 0 Å². The zero-order valence-corrected chi connectivity index (χ0v) is 18.9. The van der Waals surface area contributed by atoms with E-state index in [9.17, 15) is 9.00 Å². The maximum Gasteiger partial charge on any atom is 0.310 e. The lowest BCUT2D eigenvalue weighted by Gasteiger charge is -2.13. The first-order valence-electron chi connectivity index (χ1n) is 10.0. The first kappa shape index (κ1) is 22.8. The molecule has 6 nitrogen and oxygen atoms in total. The van der Waals surface area contributed by atoms with E-state index in [0.29, 0.717) is 0 Å². The third kappa shape index (κ3) is 5.62. The number of methoxy groups -OCH3 is 1. The second-order valence-electron chi connectivity index (χ2n) is 7.55. The van der Waals surface area contributed by atoms with E-state index in [-0.39, 0.29) is 24.2 Å². The smallest absolute Gasteiger partial charge is 0.310 e. The summed E-state index contributed by atoms with van der Waals surface area (Å²) in [6, 6.07) is 17.3. The summed E-state index contributed by atoms with van der Waals surface area (Å²) in [6.45, 7) is 5.65. The van der Waals surface area contributed by atoms with E-state index in [4.69, 9.17) is 14.0 Å². The van der Waals surface area contributed by atoms with Crippen molar-refractivity contribution in [3.8, 4) is 22.7 Å². The Kier molecular flexibility index (Phi) is 7.30. The second-order valence-corrected chi connectivity index (χ2v) is 8.48. The minimum atomic E-state index is -1.88. The fourth-order valence-corrected chi connectivity index (χ4v) is 3.97. The van der Waals surface area contributed by atoms with Gasteiger partial charge in [0.25, 0.3) is 0 Å². The average molecular weight is 442 g/mol. The van der Waals surface area contributed by atoms with Gasteiger partial charge in [-0.25, -0.2) is 4.21 Å². The molecule has 3 rings (SSSR count). The number of hydrogen-bond acceptors (Lipinski definition) is 4. The van der Waals surface area contributed by atoms with Gasteiger partial charge in [-0.15, -0.1) is 0 Å². The Labute approximate surface area is 185 Å². The normalized spacial score (nSPS) is 12.1. The lowest BCUT2D eigenvalue weighted by atomic mass is 10.1. The van der Waals surface area contributed by atoms with Crippen LogP contribution in [0, 0.1) is 6.92 Å². The number of aromatic nitrogens is 1. The highest BCUT2D eigenvalue weighted by atomic mass is 32.2. The Morgan fingerprint density at radius 3 is 2.29 bits per heavy atom. The molecular weight excluding hydrogens is 414 g/mol. The number of nitrogens with zero attached hydrogens (tertiary/aromatic N) is 1. The fraction of sp³-hybridized carbons (Fsp3) is 0.292. The lowest BCUT2D eigenvalue weighted by Crippen LogP contribution is -2.14. The van der Waals surface area contributed by atoms with Crippen molar-refractivity contribution in [3.63, 3.8) is 0 Å². The second kappa shape index (κ2) is 9.94. The largest absolute Gasteiger partial charge is 0.497 e. The van der Waals surface area contributed by atoms with Crippen molar-refractivity contribution in [3.05, 3.63) is 71.4 Å². The summed E-state index contributed by atoms with van der Waals surface area (Å²) in [5.74, 6) is 0.583. The summed E-state index contributed by atoms with van der Waals surface area (Å²) in [5, 5.41) is 0. The summed E-state index contributed by atoms with van der Waals surface area (Å²) >= 11 is -1.88. The molecule has 3 aromatic rings. The first-order valence-corrected chi connectivity index (χ1v) is 11.3. The van der Waals surface area contributed by atoms with Crippen molar-refractivity contribution >= 4 is 17.0 Å². The number of esters is 1. The lowest BCUT2D eigenvalue weighted by molar-refractivity contribution is -0.146. The molecule has 31 heavy (non-hydrogen) atoms. The number of benzene rings is 2. The van der Waals surface area contributed by atoms with Crippen molar-refractivity contribution < 1.29 is 23.0 Å². The molecule has 0 fully saturated rings. The minimum Gasteiger partial charge on any atom is -0.497 e. The summed E-state index contributed by atoms with van der Waals surface area (Å²) in [5.41, 5.74) is 5.42. The van der Waals surface area contributed by atoms with E-state index < -0.39 is 11.1 Å². The van der Waals surface area contributed by atoms with E-state index in [2.05, 4.69) is 4.57 Å². The molecule has 0 saturated carbocycles. The van der Waals surface area contributed by atoms with Gasteiger partial charge in [-0.3, -0.25) is 4.79 Å². The maximum atomic E-state index is 12.3. The number of carbonyl (C=O) groups excluding carboxylic acids is 1. The fourth-order valence-electron chi connectivity index (χ4n) is 3.49. The van der Waals surface area contributed by atoms with Gasteiger partial charge in [0.2, 0.25) is 0 Å². The Hall–Kier alpha value is -2.90. The van der Waals surface area contributed by atoms with Crippen LogP contribution < -0.4 is 4.74 Å². The standard InChI is InChI=1S/C24H27NO5S/c1-16(2)30-24(26)14-20-13-23(19-7-5-18(6-8-19)15-31(27)28)25(17(20)3)21-9-11-22(29-4)12-10-21/h5-13,16H,14-15H2,1-4H3,(H,27,28). The highest BCUT2D eigenvalue weighted by Gasteiger charge is 2.18. The van der Waals surface area contributed by atoms with Crippen LogP contribution in [0.15, 0.2) is 54.6 Å². The molecule has 0 amide bonds. The zero-order chi connectivity index (χ0) is 22.5. The van der Waals surface area contributed by atoms with Gasteiger partial charge >= 0.3 is 5.97 Å². The van der Waals surface area contributed by atoms with Gasteiger partial charge in [0, 0.05) is 11.4 Å². The molecule has 1 unspecified atom stereocenters. The molecule has 0 spiro atoms. The Morgan fingerprint density at radius 2 is 1.74 bits per heavy atom. The van der Waals surface area contributed by atoms with Crippen LogP contribution in [0.2, 0.25) is 0 Å². The molecule has 164 valence electrons. The third-order valence-electron chi connectivity index (χ3n) is 4.92. The van der Waals surface area contributed by atoms with Gasteiger partial charge in [-0.05, 0) is 67.8 Å². The van der Waals surface area contributed by atoms with E-state index in [0.717, 1.165) is 39.5 Å². The minimum absolute atomic E-state index is 0.0884. The van der Waals surface area contributed by atoms with E-state index >= 15 is 0 Å². The molecule has 0 aliphatic rings. The molecule has 1 heterocycles. The number of carbonyl (C=O) groups is 1. The van der Waals surface area contributed by atoms with Gasteiger partial charge in [0.15, 0.2) is 11.1 Å². The molecule has 0 aliphatic heterocycles. The molecule has 7 heteroatoms. The van der Waals surface area contributed by atoms with Crippen molar-refractivity contribution in [1.82, 2.24) is 4.57 Å². The molecule has 0 bridgehead atoms. The third-order valence-corrected chi connectivity index (χ3v) is 5.50. The Morgan fingerprint density at radius 1 is 1.10 bits per heavy atom. The molecule has 2 aromatic carbocycles. The van der Waals surface area contributed by atoms with Gasteiger partial charge in [0.05, 0.1) is 31.1 Å². The van der Waals surface area contributed by atoms with Crippen LogP contribution in [0.25, 0.3) is 16.9 Å². The number of ether oxygens (including phenoxy) is 2. The van der Waals surface area contributed by atoms with Crippen molar-refractivity contribution in [2.24, 2.45) is 0 Å². The molecule has 1 aromatic heterocycles.